The van der Waals surface area contributed by atoms with Crippen LogP contribution in [0.15, 0.2) is 16.9 Å². The Kier molecular flexibility index (Phi) is 3.14. The molecular formula is C14H14ClN3O2. The fourth-order valence-electron chi connectivity index (χ4n) is 2.53. The predicted molar refractivity (Wildman–Crippen MR) is 77.6 cm³/mol. The van der Waals surface area contributed by atoms with Crippen LogP contribution in [-0.4, -0.2) is 10.2 Å². The van der Waals surface area contributed by atoms with Crippen molar-refractivity contribution in [1.82, 2.24) is 10.2 Å². The number of fused-ring (bicyclic) bond motifs is 1. The number of aromatic amines is 1. The summed E-state index contributed by atoms with van der Waals surface area (Å²) in [5.74, 6) is 0.946. The fourth-order valence-corrected chi connectivity index (χ4v) is 2.85. The average molecular weight is 292 g/mol. The van der Waals surface area contributed by atoms with Gasteiger partial charge < -0.3 is 10.5 Å². The highest BCUT2D eigenvalue weighted by Gasteiger charge is 2.22. The van der Waals surface area contributed by atoms with Gasteiger partial charge in [0.25, 0.3) is 5.56 Å². The average Bonchev–Trinajstić information content (AvgIpc) is 2.86. The molecule has 1 heterocycles. The summed E-state index contributed by atoms with van der Waals surface area (Å²) in [6.45, 7) is 1.86. The van der Waals surface area contributed by atoms with Crippen LogP contribution in [0.4, 0.5) is 5.69 Å². The minimum absolute atomic E-state index is 0.134. The third-order valence-electron chi connectivity index (χ3n) is 3.46. The summed E-state index contributed by atoms with van der Waals surface area (Å²) in [5, 5.41) is 6.91. The van der Waals surface area contributed by atoms with Crippen LogP contribution in [0.1, 0.15) is 23.1 Å². The van der Waals surface area contributed by atoms with E-state index in [2.05, 4.69) is 10.2 Å². The highest BCUT2D eigenvalue weighted by molar-refractivity contribution is 6.32. The molecule has 0 amide bonds. The molecule has 2 aromatic rings. The van der Waals surface area contributed by atoms with Gasteiger partial charge in [0, 0.05) is 16.8 Å². The number of anilines is 1. The van der Waals surface area contributed by atoms with Crippen LogP contribution >= 0.6 is 11.6 Å². The smallest absolute Gasteiger partial charge is 0.267 e. The highest BCUT2D eigenvalue weighted by Crippen LogP contribution is 2.36. The molecule has 1 aliphatic rings. The first kappa shape index (κ1) is 13.0. The Morgan fingerprint density at radius 3 is 2.85 bits per heavy atom. The molecule has 0 aliphatic heterocycles. The van der Waals surface area contributed by atoms with Gasteiger partial charge in [0.2, 0.25) is 5.88 Å². The van der Waals surface area contributed by atoms with Crippen molar-refractivity contribution in [2.75, 3.05) is 5.73 Å². The third kappa shape index (κ3) is 2.14. The van der Waals surface area contributed by atoms with E-state index in [1.165, 1.54) is 0 Å². The van der Waals surface area contributed by atoms with Crippen molar-refractivity contribution >= 4 is 17.3 Å². The lowest BCUT2D eigenvalue weighted by molar-refractivity contribution is 0.445. The van der Waals surface area contributed by atoms with E-state index in [1.807, 2.05) is 6.92 Å². The van der Waals surface area contributed by atoms with Crippen molar-refractivity contribution in [3.63, 3.8) is 0 Å². The second-order valence-corrected chi connectivity index (χ2v) is 5.33. The number of aryl methyl sites for hydroxylation is 1. The predicted octanol–water partition coefficient (Wildman–Crippen LogP) is 2.59. The second kappa shape index (κ2) is 4.83. The van der Waals surface area contributed by atoms with Gasteiger partial charge in [0.15, 0.2) is 5.75 Å². The van der Waals surface area contributed by atoms with Gasteiger partial charge in [-0.05, 0) is 43.9 Å². The monoisotopic (exact) mass is 291 g/mol. The van der Waals surface area contributed by atoms with Crippen molar-refractivity contribution in [2.45, 2.75) is 26.2 Å². The lowest BCUT2D eigenvalue weighted by atomic mass is 10.2. The number of hydrogen-bond donors (Lipinski definition) is 2. The number of H-pyrrole nitrogens is 1. The molecule has 5 nitrogen and oxygen atoms in total. The zero-order chi connectivity index (χ0) is 14.3. The van der Waals surface area contributed by atoms with E-state index in [1.54, 1.807) is 12.1 Å². The molecule has 104 valence electrons. The quantitative estimate of drug-likeness (QED) is 0.833. The minimum atomic E-state index is -0.134. The van der Waals surface area contributed by atoms with Crippen LogP contribution < -0.4 is 16.0 Å². The van der Waals surface area contributed by atoms with Gasteiger partial charge in [-0.2, -0.15) is 0 Å². The molecule has 0 atom stereocenters. The largest absolute Gasteiger partial charge is 0.435 e. The number of nitrogen functional groups attached to an aromatic ring is 1. The molecule has 0 radical (unpaired) electrons. The number of benzene rings is 1. The molecule has 0 spiro atoms. The van der Waals surface area contributed by atoms with Crippen molar-refractivity contribution in [2.24, 2.45) is 0 Å². The number of halogens is 1. The van der Waals surface area contributed by atoms with Crippen molar-refractivity contribution < 1.29 is 4.74 Å². The zero-order valence-corrected chi connectivity index (χ0v) is 11.8. The second-order valence-electron chi connectivity index (χ2n) is 4.92. The molecule has 3 N–H and O–H groups in total. The zero-order valence-electron chi connectivity index (χ0n) is 11.0. The molecule has 20 heavy (non-hydrogen) atoms. The summed E-state index contributed by atoms with van der Waals surface area (Å²) in [6.07, 6.45) is 2.50. The van der Waals surface area contributed by atoms with Crippen molar-refractivity contribution in [3.05, 3.63) is 44.2 Å². The number of aromatic nitrogens is 2. The Morgan fingerprint density at radius 1 is 1.35 bits per heavy atom. The standard InChI is InChI=1S/C14H14ClN3O2/c1-7-5-8(16)6-11(15)12(7)20-14-10-4-2-3-9(10)13(19)17-18-14/h5-6H,2-4,16H2,1H3,(H,17,19). The van der Waals surface area contributed by atoms with E-state index in [-0.39, 0.29) is 5.56 Å². The Bertz CT molecular complexity index is 717. The van der Waals surface area contributed by atoms with E-state index in [9.17, 15) is 4.79 Å². The van der Waals surface area contributed by atoms with E-state index >= 15 is 0 Å². The first-order valence-corrected chi connectivity index (χ1v) is 6.78. The molecule has 3 rings (SSSR count). The van der Waals surface area contributed by atoms with Crippen LogP contribution in [0, 0.1) is 6.92 Å². The highest BCUT2D eigenvalue weighted by atomic mass is 35.5. The van der Waals surface area contributed by atoms with Gasteiger partial charge >= 0.3 is 0 Å². The van der Waals surface area contributed by atoms with E-state index in [4.69, 9.17) is 22.1 Å². The Morgan fingerprint density at radius 2 is 2.10 bits per heavy atom. The molecule has 0 saturated heterocycles. The summed E-state index contributed by atoms with van der Waals surface area (Å²) >= 11 is 6.16. The van der Waals surface area contributed by atoms with E-state index in [0.717, 1.165) is 36.0 Å². The van der Waals surface area contributed by atoms with Gasteiger partial charge in [0.05, 0.1) is 5.02 Å². The van der Waals surface area contributed by atoms with Gasteiger partial charge in [-0.25, -0.2) is 5.10 Å². The molecule has 0 fully saturated rings. The Hall–Kier alpha value is -2.01. The van der Waals surface area contributed by atoms with Crippen LogP contribution in [0.25, 0.3) is 0 Å². The minimum Gasteiger partial charge on any atom is -0.435 e. The molecular weight excluding hydrogens is 278 g/mol. The van der Waals surface area contributed by atoms with Crippen LogP contribution in [-0.2, 0) is 12.8 Å². The Balaban J connectivity index is 2.05. The van der Waals surface area contributed by atoms with Gasteiger partial charge in [-0.15, -0.1) is 5.10 Å². The molecule has 0 bridgehead atoms. The number of nitrogens with one attached hydrogen (secondary N) is 1. The molecule has 6 heteroatoms. The third-order valence-corrected chi connectivity index (χ3v) is 3.74. The summed E-state index contributed by atoms with van der Waals surface area (Å²) < 4.78 is 5.82. The van der Waals surface area contributed by atoms with E-state index < -0.39 is 0 Å². The number of nitrogens with zero attached hydrogens (tertiary/aromatic N) is 1. The number of ether oxygens (including phenoxy) is 1. The van der Waals surface area contributed by atoms with Crippen molar-refractivity contribution in [3.8, 4) is 11.6 Å². The maximum absolute atomic E-state index is 11.7. The summed E-state index contributed by atoms with van der Waals surface area (Å²) in [7, 11) is 0. The topological polar surface area (TPSA) is 81.0 Å². The molecule has 1 aliphatic carbocycles. The van der Waals surface area contributed by atoms with Gasteiger partial charge in [-0.3, -0.25) is 4.79 Å². The number of nitrogens with two attached hydrogens (primary N) is 1. The molecule has 0 unspecified atom stereocenters. The first-order chi connectivity index (χ1) is 9.56. The van der Waals surface area contributed by atoms with Crippen LogP contribution in [0.3, 0.4) is 0 Å². The summed E-state index contributed by atoms with van der Waals surface area (Å²) in [4.78, 5) is 11.7. The SMILES string of the molecule is Cc1cc(N)cc(Cl)c1Oc1n[nH]c(=O)c2c1CCC2. The number of rotatable bonds is 2. The van der Waals surface area contributed by atoms with Crippen LogP contribution in [0.5, 0.6) is 11.6 Å². The number of hydrogen-bond acceptors (Lipinski definition) is 4. The maximum Gasteiger partial charge on any atom is 0.267 e. The fraction of sp³-hybridized carbons (Fsp3) is 0.286. The summed E-state index contributed by atoms with van der Waals surface area (Å²) in [5.41, 5.74) is 8.64. The first-order valence-electron chi connectivity index (χ1n) is 6.40. The molecule has 0 saturated carbocycles. The van der Waals surface area contributed by atoms with E-state index in [0.29, 0.717) is 22.3 Å². The Labute approximate surface area is 120 Å². The van der Waals surface area contributed by atoms with Crippen LogP contribution in [0.2, 0.25) is 5.02 Å². The lowest BCUT2D eigenvalue weighted by Gasteiger charge is -2.12. The summed E-state index contributed by atoms with van der Waals surface area (Å²) in [6, 6.07) is 3.42. The molecule has 1 aromatic heterocycles. The van der Waals surface area contributed by atoms with Gasteiger partial charge in [0.1, 0.15) is 0 Å². The lowest BCUT2D eigenvalue weighted by Crippen LogP contribution is -2.15. The van der Waals surface area contributed by atoms with Gasteiger partial charge in [-0.1, -0.05) is 11.6 Å². The normalized spacial score (nSPS) is 13.3. The molecule has 1 aromatic carbocycles. The van der Waals surface area contributed by atoms with Crippen molar-refractivity contribution in [1.29, 1.82) is 0 Å². The maximum atomic E-state index is 11.7.